The minimum absolute atomic E-state index is 0.0702. The van der Waals surface area contributed by atoms with Crippen LogP contribution in [0.25, 0.3) is 0 Å². The van der Waals surface area contributed by atoms with Gasteiger partial charge in [0, 0.05) is 12.5 Å². The van der Waals surface area contributed by atoms with Crippen molar-refractivity contribution in [1.29, 1.82) is 0 Å². The van der Waals surface area contributed by atoms with Crippen molar-refractivity contribution in [3.05, 3.63) is 59.7 Å². The highest BCUT2D eigenvalue weighted by Crippen LogP contribution is 2.22. The van der Waals surface area contributed by atoms with Crippen LogP contribution < -0.4 is 10.6 Å². The van der Waals surface area contributed by atoms with Crippen LogP contribution >= 0.6 is 46.4 Å². The highest BCUT2D eigenvalue weighted by Gasteiger charge is 2.26. The van der Waals surface area contributed by atoms with E-state index in [0.717, 1.165) is 12.5 Å². The van der Waals surface area contributed by atoms with E-state index < -0.39 is 78.8 Å². The summed E-state index contributed by atoms with van der Waals surface area (Å²) in [5.74, 6) is -1.65. The molecule has 0 fully saturated rings. The second-order valence-electron chi connectivity index (χ2n) is 8.71. The van der Waals surface area contributed by atoms with Crippen LogP contribution in [0.15, 0.2) is 58.3 Å². The number of carbonyl (C=O) groups is 2. The van der Waals surface area contributed by atoms with E-state index in [1.165, 1.54) is 48.5 Å². The highest BCUT2D eigenvalue weighted by molar-refractivity contribution is 7.91. The summed E-state index contributed by atoms with van der Waals surface area (Å²) < 4.78 is 71.1. The molecule has 10 nitrogen and oxygen atoms in total. The molecular weight excluding hydrogens is 688 g/mol. The van der Waals surface area contributed by atoms with Gasteiger partial charge in [-0.2, -0.15) is 0 Å². The average molecular weight is 716 g/mol. The summed E-state index contributed by atoms with van der Waals surface area (Å²) in [5, 5.41) is 24.4. The van der Waals surface area contributed by atoms with Crippen molar-refractivity contribution in [2.45, 2.75) is 43.8 Å². The summed E-state index contributed by atoms with van der Waals surface area (Å²) in [6.45, 7) is -2.08. The summed E-state index contributed by atoms with van der Waals surface area (Å²) in [7, 11) is -6.72. The Morgan fingerprint density at radius 3 is 1.12 bits per heavy atom. The van der Waals surface area contributed by atoms with Gasteiger partial charge in [0.15, 0.2) is 29.3 Å². The fraction of sp³-hybridized carbons (Fsp3) is 0.417. The fourth-order valence-corrected chi connectivity index (χ4v) is 4.70. The van der Waals surface area contributed by atoms with E-state index in [0.29, 0.717) is 0 Å². The van der Waals surface area contributed by atoms with E-state index >= 15 is 0 Å². The predicted octanol–water partition coefficient (Wildman–Crippen LogP) is 2.76. The monoisotopic (exact) mass is 714 g/mol. The Hall–Kier alpha value is -1.78. The molecule has 0 saturated carbocycles. The normalized spacial score (nSPS) is 14.8. The molecule has 0 radical (unpaired) electrons. The van der Waals surface area contributed by atoms with Crippen LogP contribution in [0.5, 0.6) is 0 Å². The number of halogens is 6. The lowest BCUT2D eigenvalue weighted by Gasteiger charge is -2.22. The number of aliphatic hydroxyl groups excluding tert-OH is 2. The molecule has 4 atom stereocenters. The molecule has 0 unspecified atom stereocenters. The molecule has 0 aliphatic rings. The number of benzene rings is 2. The largest absolute Gasteiger partial charge is 0.386 e. The van der Waals surface area contributed by atoms with Gasteiger partial charge in [0.05, 0.1) is 21.9 Å². The van der Waals surface area contributed by atoms with Crippen LogP contribution in [-0.2, 0) is 29.3 Å². The third-order valence-corrected chi connectivity index (χ3v) is 8.50. The zero-order valence-corrected chi connectivity index (χ0v) is 26.6. The SMILES string of the molecule is CS(=O)(=O)c1ccc([C@@H](O)[C@@H](CF)NC(=O)C(Cl)Cl)cc1.CS(=O)(=O)c1ccc([C@@H](O)[C@@H](CF)NC(=O)C(Cl)Cl)cc1. The van der Waals surface area contributed by atoms with Crippen LogP contribution in [0.4, 0.5) is 8.78 Å². The van der Waals surface area contributed by atoms with E-state index in [9.17, 15) is 45.4 Å². The number of sulfone groups is 2. The summed E-state index contributed by atoms with van der Waals surface area (Å²) in [6, 6.07) is 8.05. The number of hydrogen-bond acceptors (Lipinski definition) is 8. The Labute approximate surface area is 262 Å². The van der Waals surface area contributed by atoms with Crippen molar-refractivity contribution in [2.75, 3.05) is 25.9 Å². The first-order chi connectivity index (χ1) is 19.3. The summed E-state index contributed by atoms with van der Waals surface area (Å²) in [5.41, 5.74) is 0.511. The second-order valence-corrected chi connectivity index (χ2v) is 14.9. The van der Waals surface area contributed by atoms with Crippen molar-refractivity contribution in [3.63, 3.8) is 0 Å². The lowest BCUT2D eigenvalue weighted by molar-refractivity contribution is -0.122. The van der Waals surface area contributed by atoms with Gasteiger partial charge in [0.1, 0.15) is 25.6 Å². The quantitative estimate of drug-likeness (QED) is 0.244. The van der Waals surface area contributed by atoms with Gasteiger partial charge in [-0.15, -0.1) is 0 Å². The first kappa shape index (κ1) is 38.2. The number of amides is 2. The van der Waals surface area contributed by atoms with Crippen molar-refractivity contribution in [3.8, 4) is 0 Å². The Balaban J connectivity index is 0.000000420. The number of rotatable bonds is 12. The van der Waals surface area contributed by atoms with Crippen molar-refractivity contribution >= 4 is 77.9 Å². The zero-order chi connectivity index (χ0) is 32.4. The Bertz CT molecular complexity index is 1290. The van der Waals surface area contributed by atoms with E-state index in [-0.39, 0.29) is 20.9 Å². The van der Waals surface area contributed by atoms with Gasteiger partial charge < -0.3 is 20.8 Å². The molecule has 0 aromatic heterocycles. The maximum atomic E-state index is 12.9. The van der Waals surface area contributed by atoms with Gasteiger partial charge in [-0.3, -0.25) is 9.59 Å². The van der Waals surface area contributed by atoms with Crippen molar-refractivity contribution in [1.82, 2.24) is 10.6 Å². The molecule has 0 heterocycles. The Morgan fingerprint density at radius 1 is 0.667 bits per heavy atom. The topological polar surface area (TPSA) is 167 Å². The van der Waals surface area contributed by atoms with Gasteiger partial charge in [-0.05, 0) is 35.4 Å². The van der Waals surface area contributed by atoms with Crippen LogP contribution in [-0.4, -0.2) is 86.5 Å². The third-order valence-electron chi connectivity index (χ3n) is 5.45. The minimum atomic E-state index is -3.36. The lowest BCUT2D eigenvalue weighted by atomic mass is 10.0. The third kappa shape index (κ3) is 12.1. The predicted molar refractivity (Wildman–Crippen MR) is 156 cm³/mol. The smallest absolute Gasteiger partial charge is 0.253 e. The lowest BCUT2D eigenvalue weighted by Crippen LogP contribution is -2.43. The second kappa shape index (κ2) is 16.9. The van der Waals surface area contributed by atoms with Crippen molar-refractivity contribution < 1.29 is 45.4 Å². The Kier molecular flexibility index (Phi) is 15.4. The first-order valence-electron chi connectivity index (χ1n) is 11.6. The molecule has 0 aliphatic heterocycles. The molecule has 18 heteroatoms. The molecule has 2 aromatic rings. The summed E-state index contributed by atoms with van der Waals surface area (Å²) >= 11 is 21.3. The maximum absolute atomic E-state index is 12.9. The molecule has 2 rings (SSSR count). The number of nitrogens with one attached hydrogen (secondary N) is 2. The summed E-state index contributed by atoms with van der Waals surface area (Å²) in [6.07, 6.45) is -0.631. The van der Waals surface area contributed by atoms with Crippen LogP contribution in [0.3, 0.4) is 0 Å². The van der Waals surface area contributed by atoms with Gasteiger partial charge in [-0.25, -0.2) is 25.6 Å². The standard InChI is InChI=1S/2C12H14Cl2FNO4S/c2*1-21(19,20)8-4-2-7(3-5-8)10(17)9(6-15)16-12(18)11(13)14/h2*2-5,9-11,17H,6H2,1H3,(H,16,18)/t2*9-,10-/m11/s1. The van der Waals surface area contributed by atoms with Crippen LogP contribution in [0, 0.1) is 0 Å². The van der Waals surface area contributed by atoms with Crippen LogP contribution in [0.1, 0.15) is 23.3 Å². The molecule has 0 bridgehead atoms. The summed E-state index contributed by atoms with van der Waals surface area (Å²) in [4.78, 5) is 20.0. The minimum Gasteiger partial charge on any atom is -0.386 e. The molecule has 4 N–H and O–H groups in total. The molecule has 0 aliphatic carbocycles. The number of carbonyl (C=O) groups excluding carboxylic acids is 2. The first-order valence-corrected chi connectivity index (χ1v) is 17.1. The molecule has 2 amide bonds. The highest BCUT2D eigenvalue weighted by atomic mass is 35.5. The van der Waals surface area contributed by atoms with Crippen molar-refractivity contribution in [2.24, 2.45) is 0 Å². The van der Waals surface area contributed by atoms with E-state index in [1.807, 2.05) is 0 Å². The van der Waals surface area contributed by atoms with E-state index in [2.05, 4.69) is 10.6 Å². The number of hydrogen-bond donors (Lipinski definition) is 4. The van der Waals surface area contributed by atoms with Crippen LogP contribution in [0.2, 0.25) is 0 Å². The van der Waals surface area contributed by atoms with Gasteiger partial charge in [0.25, 0.3) is 11.8 Å². The molecule has 0 saturated heterocycles. The molecule has 2 aromatic carbocycles. The molecule has 236 valence electrons. The van der Waals surface area contributed by atoms with Gasteiger partial charge in [0.2, 0.25) is 0 Å². The molecule has 42 heavy (non-hydrogen) atoms. The average Bonchev–Trinajstić information content (AvgIpc) is 2.93. The zero-order valence-electron chi connectivity index (χ0n) is 21.9. The van der Waals surface area contributed by atoms with E-state index in [1.54, 1.807) is 0 Å². The Morgan fingerprint density at radius 2 is 0.929 bits per heavy atom. The maximum Gasteiger partial charge on any atom is 0.253 e. The van der Waals surface area contributed by atoms with E-state index in [4.69, 9.17) is 46.4 Å². The number of alkyl halides is 6. The number of aliphatic hydroxyl groups is 2. The van der Waals surface area contributed by atoms with Gasteiger partial charge >= 0.3 is 0 Å². The fourth-order valence-electron chi connectivity index (χ4n) is 3.18. The molecular formula is C24H28Cl4F2N2O8S2. The molecule has 0 spiro atoms. The van der Waals surface area contributed by atoms with Gasteiger partial charge in [-0.1, -0.05) is 70.7 Å².